The van der Waals surface area contributed by atoms with Crippen LogP contribution in [-0.4, -0.2) is 17.6 Å². The number of rotatable bonds is 5. The number of hydrogen-bond acceptors (Lipinski definition) is 3. The predicted octanol–water partition coefficient (Wildman–Crippen LogP) is 2.72. The number of aliphatic hydroxyl groups is 1. The summed E-state index contributed by atoms with van der Waals surface area (Å²) in [5.74, 6) is 0.0516. The first-order valence-corrected chi connectivity index (χ1v) is 7.01. The molecule has 0 aliphatic rings. The summed E-state index contributed by atoms with van der Waals surface area (Å²) in [5, 5.41) is 13.1. The molecule has 0 spiro atoms. The van der Waals surface area contributed by atoms with E-state index in [1.807, 2.05) is 38.1 Å². The average Bonchev–Trinajstić information content (AvgIpc) is 2.99. The minimum absolute atomic E-state index is 0.107. The maximum absolute atomic E-state index is 12.2. The van der Waals surface area contributed by atoms with Gasteiger partial charge in [-0.1, -0.05) is 29.8 Å². The Morgan fingerprint density at radius 2 is 2.14 bits per heavy atom. The second-order valence-corrected chi connectivity index (χ2v) is 5.60. The van der Waals surface area contributed by atoms with Crippen LogP contribution in [0.1, 0.15) is 36.7 Å². The van der Waals surface area contributed by atoms with Crippen molar-refractivity contribution in [2.24, 2.45) is 0 Å². The molecule has 1 aromatic heterocycles. The Labute approximate surface area is 124 Å². The second kappa shape index (κ2) is 6.14. The van der Waals surface area contributed by atoms with Gasteiger partial charge in [0, 0.05) is 0 Å². The molecule has 2 aromatic rings. The van der Waals surface area contributed by atoms with Crippen LogP contribution in [0, 0.1) is 6.92 Å². The number of hydrogen-bond donors (Lipinski definition) is 2. The van der Waals surface area contributed by atoms with Crippen LogP contribution in [0.5, 0.6) is 0 Å². The van der Waals surface area contributed by atoms with Gasteiger partial charge in [0.1, 0.15) is 11.4 Å². The van der Waals surface area contributed by atoms with Crippen LogP contribution in [0.2, 0.25) is 0 Å². The molecule has 0 aliphatic carbocycles. The lowest BCUT2D eigenvalue weighted by atomic mass is 9.97. The first-order valence-electron chi connectivity index (χ1n) is 7.01. The van der Waals surface area contributed by atoms with Crippen molar-refractivity contribution >= 4 is 5.91 Å². The Morgan fingerprint density at radius 1 is 1.38 bits per heavy atom. The zero-order valence-corrected chi connectivity index (χ0v) is 12.6. The highest BCUT2D eigenvalue weighted by molar-refractivity contribution is 5.83. The van der Waals surface area contributed by atoms with Gasteiger partial charge in [-0.05, 0) is 38.5 Å². The zero-order chi connectivity index (χ0) is 15.5. The minimum Gasteiger partial charge on any atom is -0.466 e. The molecule has 112 valence electrons. The van der Waals surface area contributed by atoms with E-state index in [0.29, 0.717) is 5.76 Å². The molecule has 4 nitrogen and oxygen atoms in total. The molecule has 0 fully saturated rings. The number of carbonyl (C=O) groups excluding carboxylic acids is 1. The molecule has 0 saturated carbocycles. The highest BCUT2D eigenvalue weighted by atomic mass is 16.4. The van der Waals surface area contributed by atoms with Gasteiger partial charge in [0.15, 0.2) is 0 Å². The Morgan fingerprint density at radius 3 is 2.76 bits per heavy atom. The molecule has 2 N–H and O–H groups in total. The highest BCUT2D eigenvalue weighted by Crippen LogP contribution is 2.21. The smallest absolute Gasteiger partial charge is 0.227 e. The molecule has 2 unspecified atom stereocenters. The highest BCUT2D eigenvalue weighted by Gasteiger charge is 2.27. The van der Waals surface area contributed by atoms with Crippen LogP contribution in [0.15, 0.2) is 47.1 Å². The fourth-order valence-electron chi connectivity index (χ4n) is 2.18. The van der Waals surface area contributed by atoms with E-state index in [1.165, 1.54) is 6.26 Å². The van der Waals surface area contributed by atoms with Crippen LogP contribution in [0.4, 0.5) is 0 Å². The van der Waals surface area contributed by atoms with Crippen molar-refractivity contribution in [1.29, 1.82) is 0 Å². The molecule has 1 heterocycles. The Hall–Kier alpha value is -2.07. The van der Waals surface area contributed by atoms with Crippen molar-refractivity contribution < 1.29 is 14.3 Å². The molecule has 0 radical (unpaired) electrons. The molecular weight excluding hydrogens is 266 g/mol. The summed E-state index contributed by atoms with van der Waals surface area (Å²) in [4.78, 5) is 12.2. The average molecular weight is 287 g/mol. The van der Waals surface area contributed by atoms with Gasteiger partial charge < -0.3 is 14.8 Å². The molecule has 1 aromatic carbocycles. The standard InChI is InChI=1S/C17H21NO3/c1-12-6-4-7-14(10-12)13(2)16(19)18-11-17(3,20)15-8-5-9-21-15/h4-10,13,20H,11H2,1-3H3,(H,18,19). The lowest BCUT2D eigenvalue weighted by molar-refractivity contribution is -0.123. The third-order valence-electron chi connectivity index (χ3n) is 3.59. The van der Waals surface area contributed by atoms with E-state index < -0.39 is 5.60 Å². The van der Waals surface area contributed by atoms with Crippen LogP contribution in [0.3, 0.4) is 0 Å². The SMILES string of the molecule is Cc1cccc(C(C)C(=O)NCC(C)(O)c2ccco2)c1. The van der Waals surface area contributed by atoms with E-state index in [0.717, 1.165) is 11.1 Å². The van der Waals surface area contributed by atoms with Crippen LogP contribution >= 0.6 is 0 Å². The van der Waals surface area contributed by atoms with Crippen molar-refractivity contribution in [3.8, 4) is 0 Å². The Balaban J connectivity index is 1.98. The van der Waals surface area contributed by atoms with Crippen LogP contribution in [0.25, 0.3) is 0 Å². The van der Waals surface area contributed by atoms with Gasteiger partial charge in [-0.15, -0.1) is 0 Å². The normalized spacial score (nSPS) is 15.2. The monoisotopic (exact) mass is 287 g/mol. The molecule has 21 heavy (non-hydrogen) atoms. The molecule has 0 bridgehead atoms. The van der Waals surface area contributed by atoms with Gasteiger partial charge in [0.05, 0.1) is 18.7 Å². The summed E-state index contributed by atoms with van der Waals surface area (Å²) in [6, 6.07) is 11.3. The number of nitrogens with one attached hydrogen (secondary N) is 1. The third kappa shape index (κ3) is 3.73. The van der Waals surface area contributed by atoms with Crippen molar-refractivity contribution in [3.05, 3.63) is 59.5 Å². The number of amides is 1. The predicted molar refractivity (Wildman–Crippen MR) is 80.9 cm³/mol. The number of furan rings is 1. The van der Waals surface area contributed by atoms with E-state index in [2.05, 4.69) is 5.32 Å². The van der Waals surface area contributed by atoms with E-state index >= 15 is 0 Å². The summed E-state index contributed by atoms with van der Waals surface area (Å²) < 4.78 is 5.19. The zero-order valence-electron chi connectivity index (χ0n) is 12.6. The molecule has 0 aliphatic heterocycles. The van der Waals surface area contributed by atoms with Gasteiger partial charge in [0.2, 0.25) is 5.91 Å². The first-order chi connectivity index (χ1) is 9.90. The van der Waals surface area contributed by atoms with Crippen LogP contribution < -0.4 is 5.32 Å². The van der Waals surface area contributed by atoms with Gasteiger partial charge >= 0.3 is 0 Å². The minimum atomic E-state index is -1.22. The fourth-order valence-corrected chi connectivity index (χ4v) is 2.18. The summed E-state index contributed by atoms with van der Waals surface area (Å²) in [5.41, 5.74) is 0.866. The van der Waals surface area contributed by atoms with E-state index in [1.54, 1.807) is 19.1 Å². The van der Waals surface area contributed by atoms with Gasteiger partial charge in [0.25, 0.3) is 0 Å². The van der Waals surface area contributed by atoms with E-state index in [4.69, 9.17) is 4.42 Å². The van der Waals surface area contributed by atoms with Crippen molar-refractivity contribution in [2.75, 3.05) is 6.54 Å². The lowest BCUT2D eigenvalue weighted by Crippen LogP contribution is -2.40. The number of benzene rings is 1. The summed E-state index contributed by atoms with van der Waals surface area (Å²) in [7, 11) is 0. The molecule has 2 atom stereocenters. The quantitative estimate of drug-likeness (QED) is 0.888. The largest absolute Gasteiger partial charge is 0.466 e. The van der Waals surface area contributed by atoms with E-state index in [-0.39, 0.29) is 18.4 Å². The van der Waals surface area contributed by atoms with Gasteiger partial charge in [-0.2, -0.15) is 0 Å². The maximum Gasteiger partial charge on any atom is 0.227 e. The first kappa shape index (κ1) is 15.3. The Bertz CT molecular complexity index is 602. The molecule has 4 heteroatoms. The van der Waals surface area contributed by atoms with Crippen molar-refractivity contribution in [1.82, 2.24) is 5.32 Å². The molecule has 2 rings (SSSR count). The number of carbonyl (C=O) groups is 1. The summed E-state index contributed by atoms with van der Waals surface area (Å²) >= 11 is 0. The third-order valence-corrected chi connectivity index (χ3v) is 3.59. The van der Waals surface area contributed by atoms with Crippen molar-refractivity contribution in [3.63, 3.8) is 0 Å². The topological polar surface area (TPSA) is 62.5 Å². The molecule has 0 saturated heterocycles. The van der Waals surface area contributed by atoms with Gasteiger partial charge in [-0.3, -0.25) is 4.79 Å². The molecular formula is C17H21NO3. The van der Waals surface area contributed by atoms with Crippen molar-refractivity contribution in [2.45, 2.75) is 32.3 Å². The van der Waals surface area contributed by atoms with Gasteiger partial charge in [-0.25, -0.2) is 0 Å². The molecule has 1 amide bonds. The summed E-state index contributed by atoms with van der Waals surface area (Å²) in [6.07, 6.45) is 1.50. The second-order valence-electron chi connectivity index (χ2n) is 5.60. The summed E-state index contributed by atoms with van der Waals surface area (Å²) in [6.45, 7) is 5.57. The maximum atomic E-state index is 12.2. The van der Waals surface area contributed by atoms with E-state index in [9.17, 15) is 9.90 Å². The van der Waals surface area contributed by atoms with Crippen LogP contribution in [-0.2, 0) is 10.4 Å². The number of aryl methyl sites for hydroxylation is 1. The fraction of sp³-hybridized carbons (Fsp3) is 0.353. The Kier molecular flexibility index (Phi) is 4.48. The lowest BCUT2D eigenvalue weighted by Gasteiger charge is -2.22.